The first-order chi connectivity index (χ1) is 10.4. The Bertz CT molecular complexity index is 537. The van der Waals surface area contributed by atoms with Crippen molar-refractivity contribution in [2.45, 2.75) is 25.8 Å². The van der Waals surface area contributed by atoms with Crippen molar-refractivity contribution in [3.8, 4) is 0 Å². The van der Waals surface area contributed by atoms with Gasteiger partial charge in [0.1, 0.15) is 12.6 Å². The predicted octanol–water partition coefficient (Wildman–Crippen LogP) is 1.91. The number of rotatable bonds is 5. The number of carboxylic acid groups (broad SMARTS) is 1. The van der Waals surface area contributed by atoms with Crippen LogP contribution in [-0.2, 0) is 16.0 Å². The zero-order valence-corrected chi connectivity index (χ0v) is 13.5. The maximum atomic E-state index is 12.6. The first-order valence-corrected chi connectivity index (χ1v) is 7.84. The van der Waals surface area contributed by atoms with Crippen molar-refractivity contribution in [3.63, 3.8) is 0 Å². The summed E-state index contributed by atoms with van der Waals surface area (Å²) in [6, 6.07) is 9.54. The van der Waals surface area contributed by atoms with Crippen LogP contribution in [0.5, 0.6) is 0 Å². The highest BCUT2D eigenvalue weighted by Crippen LogP contribution is 2.26. The minimum Gasteiger partial charge on any atom is -0.481 e. The third-order valence-electron chi connectivity index (χ3n) is 4.22. The molecule has 5 nitrogen and oxygen atoms in total. The largest absolute Gasteiger partial charge is 0.481 e. The van der Waals surface area contributed by atoms with E-state index < -0.39 is 5.97 Å². The molecule has 1 aliphatic rings. The van der Waals surface area contributed by atoms with Crippen LogP contribution in [0.25, 0.3) is 0 Å². The van der Waals surface area contributed by atoms with Crippen LogP contribution in [0.1, 0.15) is 18.9 Å². The van der Waals surface area contributed by atoms with Crippen LogP contribution in [-0.4, -0.2) is 58.1 Å². The summed E-state index contributed by atoms with van der Waals surface area (Å²) in [6.45, 7) is 4.24. The van der Waals surface area contributed by atoms with Gasteiger partial charge in [-0.05, 0) is 12.5 Å². The number of hydrogen-bond acceptors (Lipinski definition) is 3. The lowest BCUT2D eigenvalue weighted by Crippen LogP contribution is -2.62. The van der Waals surface area contributed by atoms with Crippen molar-refractivity contribution in [2.75, 3.05) is 26.2 Å². The van der Waals surface area contributed by atoms with Crippen molar-refractivity contribution >= 4 is 23.7 Å². The predicted molar refractivity (Wildman–Crippen MR) is 84.3 cm³/mol. The molecule has 0 saturated carbocycles. The number of piperazine rings is 1. The van der Waals surface area contributed by atoms with Crippen LogP contribution in [0.2, 0.25) is 0 Å². The molecule has 1 heterocycles. The number of carboxylic acids is 1. The molecular weight excluding hydrogens is 304 g/mol. The average Bonchev–Trinajstić information content (AvgIpc) is 2.49. The molecule has 1 fully saturated rings. The van der Waals surface area contributed by atoms with E-state index in [1.807, 2.05) is 37.3 Å². The van der Waals surface area contributed by atoms with Gasteiger partial charge in [-0.3, -0.25) is 9.69 Å². The second-order valence-electron chi connectivity index (χ2n) is 5.84. The Balaban J connectivity index is 1.96. The van der Waals surface area contributed by atoms with E-state index in [9.17, 15) is 9.59 Å². The summed E-state index contributed by atoms with van der Waals surface area (Å²) in [5.74, 6) is -0.803. The Morgan fingerprint density at radius 2 is 2.05 bits per heavy atom. The van der Waals surface area contributed by atoms with Gasteiger partial charge in [0.2, 0.25) is 0 Å². The highest BCUT2D eigenvalue weighted by Gasteiger charge is 2.45. The molecular formula is C16H22ClN2O3+. The zero-order valence-electron chi connectivity index (χ0n) is 12.7. The van der Waals surface area contributed by atoms with Crippen LogP contribution in [0, 0.1) is 0 Å². The lowest BCUT2D eigenvalue weighted by atomic mass is 10.1. The molecule has 22 heavy (non-hydrogen) atoms. The van der Waals surface area contributed by atoms with Gasteiger partial charge in [0.25, 0.3) is 0 Å². The van der Waals surface area contributed by atoms with Gasteiger partial charge < -0.3 is 5.11 Å². The topological polar surface area (TPSA) is 57.6 Å². The first-order valence-electron chi connectivity index (χ1n) is 7.50. The second kappa shape index (κ2) is 7.22. The highest BCUT2D eigenvalue weighted by atomic mass is 35.5. The van der Waals surface area contributed by atoms with E-state index >= 15 is 0 Å². The number of nitrogens with zero attached hydrogens (tertiary/aromatic N) is 2. The number of amides is 1. The summed E-state index contributed by atoms with van der Waals surface area (Å²) in [4.78, 5) is 25.3. The van der Waals surface area contributed by atoms with Crippen molar-refractivity contribution in [1.82, 2.24) is 4.90 Å². The molecule has 1 aliphatic heterocycles. The molecule has 0 aromatic heterocycles. The lowest BCUT2D eigenvalue weighted by Gasteiger charge is -2.41. The molecule has 6 heteroatoms. The maximum absolute atomic E-state index is 12.6. The lowest BCUT2D eigenvalue weighted by molar-refractivity contribution is -0.770. The van der Waals surface area contributed by atoms with Crippen molar-refractivity contribution in [1.29, 1.82) is 0 Å². The van der Waals surface area contributed by atoms with Crippen LogP contribution >= 0.6 is 11.8 Å². The number of benzene rings is 1. The number of quaternary nitrogens is 1. The van der Waals surface area contributed by atoms with E-state index in [1.54, 1.807) is 0 Å². The smallest absolute Gasteiger partial charge is 0.336 e. The molecule has 120 valence electrons. The summed E-state index contributed by atoms with van der Waals surface area (Å²) >= 11 is 6.60. The molecule has 0 spiro atoms. The van der Waals surface area contributed by atoms with Crippen LogP contribution in [0.15, 0.2) is 30.3 Å². The van der Waals surface area contributed by atoms with E-state index in [0.29, 0.717) is 32.6 Å². The molecule has 1 N–H and O–H groups in total. The van der Waals surface area contributed by atoms with Crippen LogP contribution in [0.4, 0.5) is 0 Å². The van der Waals surface area contributed by atoms with Gasteiger partial charge in [-0.25, -0.2) is 4.79 Å². The van der Waals surface area contributed by atoms with Gasteiger partial charge in [0.15, 0.2) is 11.8 Å². The minimum absolute atomic E-state index is 0.00162. The third kappa shape index (κ3) is 4.06. The van der Waals surface area contributed by atoms with Gasteiger partial charge in [-0.2, -0.15) is 4.00 Å². The number of carbonyl (C=O) groups is 2. The number of halogens is 1. The second-order valence-corrected chi connectivity index (χ2v) is 6.45. The fraction of sp³-hybridized carbons (Fsp3) is 0.500. The zero-order chi connectivity index (χ0) is 16.2. The van der Waals surface area contributed by atoms with E-state index in [0.717, 1.165) is 5.56 Å². The molecule has 1 saturated heterocycles. The number of carbonyl (C=O) groups excluding carboxylic acids is 1. The number of aliphatic carboxylic acids is 1. The van der Waals surface area contributed by atoms with E-state index in [-0.39, 0.29) is 22.4 Å². The summed E-state index contributed by atoms with van der Waals surface area (Å²) in [5.41, 5.74) is 0.964. The van der Waals surface area contributed by atoms with Crippen LogP contribution < -0.4 is 0 Å². The van der Waals surface area contributed by atoms with Gasteiger partial charge in [0.05, 0.1) is 19.4 Å². The van der Waals surface area contributed by atoms with E-state index in [4.69, 9.17) is 16.9 Å². The summed E-state index contributed by atoms with van der Waals surface area (Å²) < 4.78 is -0.0987. The Kier molecular flexibility index (Phi) is 5.56. The normalized spacial score (nSPS) is 25.8. The molecule has 1 amide bonds. The molecule has 0 aliphatic carbocycles. The quantitative estimate of drug-likeness (QED) is 0.840. The summed E-state index contributed by atoms with van der Waals surface area (Å²) in [5, 5.41) is 8.75. The summed E-state index contributed by atoms with van der Waals surface area (Å²) in [6.07, 6.45) is 0.441. The Morgan fingerprint density at radius 3 is 2.64 bits per heavy atom. The fourth-order valence-electron chi connectivity index (χ4n) is 2.83. The van der Waals surface area contributed by atoms with Gasteiger partial charge >= 0.3 is 11.9 Å². The first kappa shape index (κ1) is 16.9. The SMILES string of the molecule is C[C@H]1CN(CCC(=O)O)CC[N+]1(Cl)C(=O)Cc1ccccc1. The standard InChI is InChI=1S/C16H21ClN2O3/c1-13-12-18(8-7-16(21)22)9-10-19(13,17)15(20)11-14-5-3-2-4-6-14/h2-6,13H,7-12H2,1H3/p+1/t13-,19?/m0/s1. The van der Waals surface area contributed by atoms with Gasteiger partial charge in [-0.1, -0.05) is 30.3 Å². The average molecular weight is 326 g/mol. The molecule has 2 rings (SSSR count). The number of hydrogen-bond donors (Lipinski definition) is 1. The van der Waals surface area contributed by atoms with Gasteiger partial charge in [0, 0.05) is 13.1 Å². The Morgan fingerprint density at radius 1 is 1.36 bits per heavy atom. The maximum Gasteiger partial charge on any atom is 0.336 e. The van der Waals surface area contributed by atoms with Crippen molar-refractivity contribution in [2.24, 2.45) is 0 Å². The molecule has 1 aromatic rings. The molecule has 1 aromatic carbocycles. The van der Waals surface area contributed by atoms with E-state index in [2.05, 4.69) is 4.90 Å². The fourth-order valence-corrected chi connectivity index (χ4v) is 3.03. The van der Waals surface area contributed by atoms with Crippen LogP contribution in [0.3, 0.4) is 0 Å². The van der Waals surface area contributed by atoms with Crippen molar-refractivity contribution in [3.05, 3.63) is 35.9 Å². The van der Waals surface area contributed by atoms with Crippen molar-refractivity contribution < 1.29 is 18.7 Å². The highest BCUT2D eigenvalue weighted by molar-refractivity contribution is 6.12. The Labute approximate surface area is 135 Å². The van der Waals surface area contributed by atoms with Gasteiger partial charge in [-0.15, -0.1) is 0 Å². The molecule has 1 unspecified atom stereocenters. The Hall–Kier alpha value is -1.43. The molecule has 0 radical (unpaired) electrons. The third-order valence-corrected chi connectivity index (χ3v) is 4.91. The molecule has 2 atom stereocenters. The molecule has 0 bridgehead atoms. The summed E-state index contributed by atoms with van der Waals surface area (Å²) in [7, 11) is 0. The monoisotopic (exact) mass is 325 g/mol. The minimum atomic E-state index is -0.801. The van der Waals surface area contributed by atoms with E-state index in [1.165, 1.54) is 0 Å².